The van der Waals surface area contributed by atoms with Crippen LogP contribution in [0.4, 0.5) is 4.39 Å². The minimum Gasteiger partial charge on any atom is -0.313 e. The lowest BCUT2D eigenvalue weighted by Gasteiger charge is -2.25. The zero-order chi connectivity index (χ0) is 13.7. The molecule has 1 nitrogen and oxygen atoms in total. The standard InChI is InChI=1S/C16H23ClFN/c1-2-9-19-16(12-5-3-4-6-12)10-13-7-8-14(18)11-15(13)17/h7-8,11-12,16,19H,2-6,9-10H2,1H3. The number of benzene rings is 1. The molecule has 1 saturated carbocycles. The molecule has 1 aromatic carbocycles. The number of rotatable bonds is 6. The fourth-order valence-electron chi connectivity index (χ4n) is 3.02. The molecule has 0 amide bonds. The monoisotopic (exact) mass is 283 g/mol. The summed E-state index contributed by atoms with van der Waals surface area (Å²) in [6, 6.07) is 5.23. The molecule has 106 valence electrons. The minimum atomic E-state index is -0.257. The van der Waals surface area contributed by atoms with Gasteiger partial charge in [-0.1, -0.05) is 37.4 Å². The third kappa shape index (κ3) is 4.19. The number of halogens is 2. The van der Waals surface area contributed by atoms with Gasteiger partial charge < -0.3 is 5.32 Å². The van der Waals surface area contributed by atoms with Crippen LogP contribution in [-0.4, -0.2) is 12.6 Å². The van der Waals surface area contributed by atoms with Crippen molar-refractivity contribution in [2.45, 2.75) is 51.5 Å². The second-order valence-electron chi connectivity index (χ2n) is 5.55. The van der Waals surface area contributed by atoms with Crippen molar-refractivity contribution in [3.63, 3.8) is 0 Å². The Balaban J connectivity index is 2.05. The second kappa shape index (κ2) is 7.25. The smallest absolute Gasteiger partial charge is 0.124 e. The molecule has 1 N–H and O–H groups in total. The zero-order valence-corrected chi connectivity index (χ0v) is 12.3. The Bertz CT molecular complexity index is 402. The summed E-state index contributed by atoms with van der Waals surface area (Å²) in [5.74, 6) is 0.486. The summed E-state index contributed by atoms with van der Waals surface area (Å²) in [5, 5.41) is 4.21. The SMILES string of the molecule is CCCNC(Cc1ccc(F)cc1Cl)C1CCCC1. The van der Waals surface area contributed by atoms with E-state index in [-0.39, 0.29) is 5.82 Å². The second-order valence-corrected chi connectivity index (χ2v) is 5.95. The topological polar surface area (TPSA) is 12.0 Å². The Morgan fingerprint density at radius 2 is 2.11 bits per heavy atom. The summed E-state index contributed by atoms with van der Waals surface area (Å²) in [6.07, 6.45) is 7.34. The fourth-order valence-corrected chi connectivity index (χ4v) is 3.26. The molecule has 0 aromatic heterocycles. The van der Waals surface area contributed by atoms with Crippen molar-refractivity contribution >= 4 is 11.6 Å². The normalized spacial score (nSPS) is 17.8. The van der Waals surface area contributed by atoms with Crippen molar-refractivity contribution in [2.24, 2.45) is 5.92 Å². The summed E-state index contributed by atoms with van der Waals surface area (Å²) in [5.41, 5.74) is 1.06. The predicted molar refractivity (Wildman–Crippen MR) is 79.2 cm³/mol. The van der Waals surface area contributed by atoms with Crippen LogP contribution in [0.25, 0.3) is 0 Å². The molecule has 1 aliphatic carbocycles. The summed E-state index contributed by atoms with van der Waals surface area (Å²) in [7, 11) is 0. The molecule has 1 atom stereocenters. The quantitative estimate of drug-likeness (QED) is 0.806. The highest BCUT2D eigenvalue weighted by atomic mass is 35.5. The zero-order valence-electron chi connectivity index (χ0n) is 11.6. The van der Waals surface area contributed by atoms with Crippen LogP contribution in [0.1, 0.15) is 44.6 Å². The molecular formula is C16H23ClFN. The fraction of sp³-hybridized carbons (Fsp3) is 0.625. The third-order valence-electron chi connectivity index (χ3n) is 4.08. The van der Waals surface area contributed by atoms with Crippen LogP contribution in [0.3, 0.4) is 0 Å². The van der Waals surface area contributed by atoms with Crippen LogP contribution in [0, 0.1) is 11.7 Å². The van der Waals surface area contributed by atoms with E-state index in [4.69, 9.17) is 11.6 Å². The first-order valence-corrected chi connectivity index (χ1v) is 7.75. The molecule has 1 aromatic rings. The van der Waals surface area contributed by atoms with Crippen molar-refractivity contribution in [1.29, 1.82) is 0 Å². The largest absolute Gasteiger partial charge is 0.313 e. The molecule has 1 aliphatic rings. The third-order valence-corrected chi connectivity index (χ3v) is 4.43. The molecule has 0 heterocycles. The Kier molecular flexibility index (Phi) is 5.65. The maximum Gasteiger partial charge on any atom is 0.124 e. The van der Waals surface area contributed by atoms with Crippen LogP contribution in [0.2, 0.25) is 5.02 Å². The molecule has 0 aliphatic heterocycles. The van der Waals surface area contributed by atoms with E-state index in [1.54, 1.807) is 0 Å². The van der Waals surface area contributed by atoms with Gasteiger partial charge in [0.05, 0.1) is 0 Å². The van der Waals surface area contributed by atoms with E-state index in [0.717, 1.165) is 30.9 Å². The Morgan fingerprint density at radius 1 is 1.37 bits per heavy atom. The summed E-state index contributed by atoms with van der Waals surface area (Å²) >= 11 is 6.15. The summed E-state index contributed by atoms with van der Waals surface area (Å²) < 4.78 is 13.1. The van der Waals surface area contributed by atoms with Crippen LogP contribution in [0.15, 0.2) is 18.2 Å². The molecule has 0 bridgehead atoms. The Morgan fingerprint density at radius 3 is 2.74 bits per heavy atom. The summed E-state index contributed by atoms with van der Waals surface area (Å²) in [4.78, 5) is 0. The number of nitrogens with one attached hydrogen (secondary N) is 1. The predicted octanol–water partition coefficient (Wildman–Crippen LogP) is 4.58. The van der Waals surface area contributed by atoms with Gasteiger partial charge in [-0.2, -0.15) is 0 Å². The highest BCUT2D eigenvalue weighted by Crippen LogP contribution is 2.30. The van der Waals surface area contributed by atoms with E-state index < -0.39 is 0 Å². The molecule has 0 spiro atoms. The van der Waals surface area contributed by atoms with E-state index in [1.807, 2.05) is 6.07 Å². The van der Waals surface area contributed by atoms with Crippen molar-refractivity contribution in [1.82, 2.24) is 5.32 Å². The van der Waals surface area contributed by atoms with Crippen LogP contribution in [0.5, 0.6) is 0 Å². The molecule has 0 saturated heterocycles. The highest BCUT2D eigenvalue weighted by Gasteiger charge is 2.25. The maximum absolute atomic E-state index is 13.1. The maximum atomic E-state index is 13.1. The Labute approximate surface area is 120 Å². The van der Waals surface area contributed by atoms with E-state index in [0.29, 0.717) is 11.1 Å². The molecule has 1 unspecified atom stereocenters. The molecule has 19 heavy (non-hydrogen) atoms. The van der Waals surface area contributed by atoms with Gasteiger partial charge in [0.15, 0.2) is 0 Å². The van der Waals surface area contributed by atoms with Crippen molar-refractivity contribution in [2.75, 3.05) is 6.54 Å². The minimum absolute atomic E-state index is 0.257. The highest BCUT2D eigenvalue weighted by molar-refractivity contribution is 6.31. The van der Waals surface area contributed by atoms with Gasteiger partial charge in [-0.25, -0.2) is 4.39 Å². The molecule has 0 radical (unpaired) electrons. The Hall–Kier alpha value is -0.600. The van der Waals surface area contributed by atoms with Crippen LogP contribution in [-0.2, 0) is 6.42 Å². The lowest BCUT2D eigenvalue weighted by atomic mass is 9.92. The van der Waals surface area contributed by atoms with Gasteiger partial charge in [0.1, 0.15) is 5.82 Å². The first-order valence-electron chi connectivity index (χ1n) is 7.38. The first kappa shape index (κ1) is 14.8. The van der Waals surface area contributed by atoms with Gasteiger partial charge in [0, 0.05) is 11.1 Å². The number of hydrogen-bond acceptors (Lipinski definition) is 1. The molecule has 3 heteroatoms. The van der Waals surface area contributed by atoms with Gasteiger partial charge in [0.2, 0.25) is 0 Å². The first-order chi connectivity index (χ1) is 9.20. The molecular weight excluding hydrogens is 261 g/mol. The van der Waals surface area contributed by atoms with Gasteiger partial charge in [-0.15, -0.1) is 0 Å². The van der Waals surface area contributed by atoms with E-state index in [1.165, 1.54) is 37.8 Å². The molecule has 1 fully saturated rings. The van der Waals surface area contributed by atoms with Gasteiger partial charge in [-0.3, -0.25) is 0 Å². The average molecular weight is 284 g/mol. The lowest BCUT2D eigenvalue weighted by Crippen LogP contribution is -2.37. The van der Waals surface area contributed by atoms with Gasteiger partial charge in [0.25, 0.3) is 0 Å². The van der Waals surface area contributed by atoms with Crippen LogP contribution >= 0.6 is 11.6 Å². The van der Waals surface area contributed by atoms with Crippen molar-refractivity contribution in [3.05, 3.63) is 34.6 Å². The van der Waals surface area contributed by atoms with Crippen molar-refractivity contribution < 1.29 is 4.39 Å². The van der Waals surface area contributed by atoms with Crippen molar-refractivity contribution in [3.8, 4) is 0 Å². The van der Waals surface area contributed by atoms with E-state index in [9.17, 15) is 4.39 Å². The van der Waals surface area contributed by atoms with Gasteiger partial charge >= 0.3 is 0 Å². The number of hydrogen-bond donors (Lipinski definition) is 1. The van der Waals surface area contributed by atoms with Crippen LogP contribution < -0.4 is 5.32 Å². The van der Waals surface area contributed by atoms with Gasteiger partial charge in [-0.05, 0) is 55.8 Å². The van der Waals surface area contributed by atoms with E-state index in [2.05, 4.69) is 12.2 Å². The molecule has 2 rings (SSSR count). The lowest BCUT2D eigenvalue weighted by molar-refractivity contribution is 0.356. The van der Waals surface area contributed by atoms with E-state index >= 15 is 0 Å². The average Bonchev–Trinajstić information content (AvgIpc) is 2.90. The summed E-state index contributed by atoms with van der Waals surface area (Å²) in [6.45, 7) is 3.23.